The van der Waals surface area contributed by atoms with Crippen molar-refractivity contribution in [2.24, 2.45) is 46.3 Å². The molecule has 0 aromatic rings. The molecule has 0 heterocycles. The van der Waals surface area contributed by atoms with E-state index in [1.165, 1.54) is 6.42 Å². The van der Waals surface area contributed by atoms with E-state index in [1.807, 2.05) is 0 Å². The van der Waals surface area contributed by atoms with Crippen molar-refractivity contribution in [1.82, 2.24) is 0 Å². The second-order valence-corrected chi connectivity index (χ2v) is 12.3. The maximum Gasteiger partial charge on any atom is 0.303 e. The second kappa shape index (κ2) is 9.78. The van der Waals surface area contributed by atoms with Crippen LogP contribution in [0.25, 0.3) is 0 Å². The van der Waals surface area contributed by atoms with Gasteiger partial charge in [-0.2, -0.15) is 0 Å². The lowest BCUT2D eigenvalue weighted by atomic mass is 9.43. The number of hydrogen-bond acceptors (Lipinski definition) is 4. The minimum Gasteiger partial charge on any atom is -0.481 e. The number of ether oxygens (including phenoxy) is 2. The van der Waals surface area contributed by atoms with Gasteiger partial charge in [0.05, 0.1) is 18.3 Å². The van der Waals surface area contributed by atoms with E-state index in [2.05, 4.69) is 34.6 Å². The summed E-state index contributed by atoms with van der Waals surface area (Å²) in [5.41, 5.74) is 0.112. The maximum absolute atomic E-state index is 11.7. The van der Waals surface area contributed by atoms with Crippen molar-refractivity contribution in [3.8, 4) is 0 Å². The molecule has 4 rings (SSSR count). The van der Waals surface area contributed by atoms with Crippen LogP contribution in [-0.4, -0.2) is 47.7 Å². The van der Waals surface area contributed by atoms with Gasteiger partial charge >= 0.3 is 5.97 Å². The number of carbonyl (C=O) groups is 1. The highest BCUT2D eigenvalue weighted by Crippen LogP contribution is 2.68. The first kappa shape index (κ1) is 25.4. The average molecular weight is 465 g/mol. The standard InChI is InChI=1S/C28H48O5/c1-6-32-19-12-13-27(4)18(14-19)15-23(33-7-2)26-21-10-9-20(17(3)8-11-25(30)31)28(21,5)24(29)16-22(26)27/h17-24,26,29H,6-16H2,1-5H3,(H,30,31). The highest BCUT2D eigenvalue weighted by Gasteiger charge is 2.66. The SMILES string of the molecule is CCOC1CCC2(C)C(C1)CC(OCC)C1C2CC(O)C2(C)C(C(C)CCC(=O)O)CCC12. The van der Waals surface area contributed by atoms with E-state index in [0.717, 1.165) is 51.7 Å². The predicted octanol–water partition coefficient (Wildman–Crippen LogP) is 5.54. The van der Waals surface area contributed by atoms with Gasteiger partial charge in [0.15, 0.2) is 0 Å². The van der Waals surface area contributed by atoms with Gasteiger partial charge in [0, 0.05) is 19.6 Å². The van der Waals surface area contributed by atoms with Gasteiger partial charge in [-0.25, -0.2) is 0 Å². The van der Waals surface area contributed by atoms with Crippen molar-refractivity contribution in [3.63, 3.8) is 0 Å². The Bertz CT molecular complexity index is 696. The van der Waals surface area contributed by atoms with Crippen molar-refractivity contribution >= 4 is 5.97 Å². The molecule has 0 spiro atoms. The Morgan fingerprint density at radius 2 is 1.76 bits per heavy atom. The van der Waals surface area contributed by atoms with Crippen molar-refractivity contribution in [3.05, 3.63) is 0 Å². The third-order valence-corrected chi connectivity index (χ3v) is 11.1. The molecule has 11 unspecified atom stereocenters. The minimum absolute atomic E-state index is 0.139. The summed E-state index contributed by atoms with van der Waals surface area (Å²) in [6.45, 7) is 12.8. The summed E-state index contributed by atoms with van der Waals surface area (Å²) < 4.78 is 12.6. The minimum atomic E-state index is -0.712. The van der Waals surface area contributed by atoms with E-state index >= 15 is 0 Å². The fraction of sp³-hybridized carbons (Fsp3) is 0.964. The Morgan fingerprint density at radius 3 is 2.42 bits per heavy atom. The molecular weight excluding hydrogens is 416 g/mol. The molecule has 0 aliphatic heterocycles. The third kappa shape index (κ3) is 4.29. The molecule has 190 valence electrons. The Kier molecular flexibility index (Phi) is 7.54. The molecule has 5 nitrogen and oxygen atoms in total. The number of aliphatic hydroxyl groups excluding tert-OH is 1. The number of hydrogen-bond donors (Lipinski definition) is 2. The highest BCUT2D eigenvalue weighted by molar-refractivity contribution is 5.66. The zero-order valence-electron chi connectivity index (χ0n) is 21.6. The molecule has 0 radical (unpaired) electrons. The van der Waals surface area contributed by atoms with Gasteiger partial charge in [0.2, 0.25) is 0 Å². The van der Waals surface area contributed by atoms with Crippen molar-refractivity contribution in [2.45, 2.75) is 111 Å². The van der Waals surface area contributed by atoms with Crippen LogP contribution < -0.4 is 0 Å². The molecular formula is C28H48O5. The van der Waals surface area contributed by atoms with E-state index < -0.39 is 5.97 Å². The van der Waals surface area contributed by atoms with Crippen LogP contribution in [0.4, 0.5) is 0 Å². The molecule has 0 bridgehead atoms. The van der Waals surface area contributed by atoms with Gasteiger partial charge in [-0.1, -0.05) is 20.8 Å². The molecule has 2 N–H and O–H groups in total. The Morgan fingerprint density at radius 1 is 1.03 bits per heavy atom. The summed E-state index contributed by atoms with van der Waals surface area (Å²) in [7, 11) is 0. The maximum atomic E-state index is 11.7. The number of fused-ring (bicyclic) bond motifs is 5. The van der Waals surface area contributed by atoms with E-state index in [0.29, 0.717) is 48.0 Å². The van der Waals surface area contributed by atoms with Crippen LogP contribution in [-0.2, 0) is 14.3 Å². The van der Waals surface area contributed by atoms with Crippen molar-refractivity contribution in [2.75, 3.05) is 13.2 Å². The third-order valence-electron chi connectivity index (χ3n) is 11.1. The summed E-state index contributed by atoms with van der Waals surface area (Å²) in [6.07, 6.45) is 8.95. The summed E-state index contributed by atoms with van der Waals surface area (Å²) in [6, 6.07) is 0. The quantitative estimate of drug-likeness (QED) is 0.493. The number of rotatable bonds is 8. The monoisotopic (exact) mass is 464 g/mol. The van der Waals surface area contributed by atoms with E-state index in [4.69, 9.17) is 9.47 Å². The van der Waals surface area contributed by atoms with Crippen molar-refractivity contribution < 1.29 is 24.5 Å². The molecule has 0 aromatic carbocycles. The van der Waals surface area contributed by atoms with Crippen LogP contribution in [0.1, 0.15) is 92.4 Å². The number of carboxylic acid groups (broad SMARTS) is 1. The lowest BCUT2D eigenvalue weighted by Crippen LogP contribution is -2.62. The number of carboxylic acids is 1. The molecule has 4 saturated carbocycles. The fourth-order valence-electron chi connectivity index (χ4n) is 9.42. The molecule has 4 fully saturated rings. The Balaban J connectivity index is 1.62. The lowest BCUT2D eigenvalue weighted by Gasteiger charge is -2.64. The zero-order chi connectivity index (χ0) is 24.0. The zero-order valence-corrected chi connectivity index (χ0v) is 21.6. The first-order chi connectivity index (χ1) is 15.7. The van der Waals surface area contributed by atoms with Crippen LogP contribution in [0.15, 0.2) is 0 Å². The first-order valence-corrected chi connectivity index (χ1v) is 13.8. The molecule has 4 aliphatic rings. The summed E-state index contributed by atoms with van der Waals surface area (Å²) in [5, 5.41) is 21.0. The number of aliphatic hydroxyl groups is 1. The normalized spacial score (nSPS) is 47.9. The van der Waals surface area contributed by atoms with Gasteiger partial charge in [-0.3, -0.25) is 4.79 Å². The van der Waals surface area contributed by atoms with E-state index in [-0.39, 0.29) is 29.5 Å². The summed E-state index contributed by atoms with van der Waals surface area (Å²) in [5.74, 6) is 2.06. The highest BCUT2D eigenvalue weighted by atomic mass is 16.5. The van der Waals surface area contributed by atoms with Gasteiger partial charge in [-0.05, 0) is 112 Å². The number of aliphatic carboxylic acids is 1. The van der Waals surface area contributed by atoms with Gasteiger partial charge in [0.25, 0.3) is 0 Å². The van der Waals surface area contributed by atoms with E-state index in [1.54, 1.807) is 0 Å². The van der Waals surface area contributed by atoms with Crippen molar-refractivity contribution in [1.29, 1.82) is 0 Å². The van der Waals surface area contributed by atoms with Crippen LogP contribution in [0.5, 0.6) is 0 Å². The Labute approximate surface area is 201 Å². The molecule has 4 aliphatic carbocycles. The first-order valence-electron chi connectivity index (χ1n) is 13.8. The lowest BCUT2D eigenvalue weighted by molar-refractivity contribution is -0.217. The second-order valence-electron chi connectivity index (χ2n) is 12.3. The van der Waals surface area contributed by atoms with Gasteiger partial charge in [0.1, 0.15) is 0 Å². The molecule has 0 saturated heterocycles. The average Bonchev–Trinajstić information content (AvgIpc) is 3.12. The summed E-state index contributed by atoms with van der Waals surface area (Å²) in [4.78, 5) is 11.2. The predicted molar refractivity (Wildman–Crippen MR) is 129 cm³/mol. The van der Waals surface area contributed by atoms with Crippen LogP contribution in [0.2, 0.25) is 0 Å². The largest absolute Gasteiger partial charge is 0.481 e. The van der Waals surface area contributed by atoms with Crippen LogP contribution in [0, 0.1) is 46.3 Å². The van der Waals surface area contributed by atoms with Crippen LogP contribution in [0.3, 0.4) is 0 Å². The molecule has 33 heavy (non-hydrogen) atoms. The molecule has 5 heteroatoms. The molecule has 0 aromatic heterocycles. The Hall–Kier alpha value is -0.650. The topological polar surface area (TPSA) is 76.0 Å². The van der Waals surface area contributed by atoms with Crippen LogP contribution >= 0.6 is 0 Å². The van der Waals surface area contributed by atoms with Gasteiger partial charge < -0.3 is 19.7 Å². The van der Waals surface area contributed by atoms with E-state index in [9.17, 15) is 15.0 Å². The smallest absolute Gasteiger partial charge is 0.303 e. The fourth-order valence-corrected chi connectivity index (χ4v) is 9.42. The van der Waals surface area contributed by atoms with Gasteiger partial charge in [-0.15, -0.1) is 0 Å². The molecule has 0 amide bonds. The molecule has 11 atom stereocenters. The summed E-state index contributed by atoms with van der Waals surface area (Å²) >= 11 is 0.